The van der Waals surface area contributed by atoms with Gasteiger partial charge in [0.25, 0.3) is 0 Å². The molecule has 2 aliphatic rings. The average molecular weight is 262 g/mol. The molecule has 102 valence electrons. The van der Waals surface area contributed by atoms with Crippen molar-refractivity contribution in [2.24, 2.45) is 0 Å². The lowest BCUT2D eigenvalue weighted by Crippen LogP contribution is -2.41. The van der Waals surface area contributed by atoms with Crippen LogP contribution >= 0.6 is 0 Å². The number of rotatable bonds is 2. The monoisotopic (exact) mass is 262 g/mol. The van der Waals surface area contributed by atoms with E-state index in [4.69, 9.17) is 14.0 Å². The molecule has 6 heteroatoms. The quantitative estimate of drug-likeness (QED) is 0.741. The maximum absolute atomic E-state index is 5.98. The van der Waals surface area contributed by atoms with Crippen LogP contribution in [-0.4, -0.2) is 41.5 Å². The van der Waals surface area contributed by atoms with E-state index >= 15 is 0 Å². The molecule has 0 bridgehead atoms. The molecule has 0 radical (unpaired) electrons. The van der Waals surface area contributed by atoms with Gasteiger partial charge in [-0.15, -0.1) is 0 Å². The Bertz CT molecular complexity index is 473. The predicted octanol–water partition coefficient (Wildman–Crippen LogP) is 0.890. The van der Waals surface area contributed by atoms with Gasteiger partial charge in [0.2, 0.25) is 0 Å². The second-order valence-corrected chi connectivity index (χ2v) is 6.19. The highest BCUT2D eigenvalue weighted by atomic mass is 16.7. The minimum atomic E-state index is -0.446. The van der Waals surface area contributed by atoms with Gasteiger partial charge in [-0.05, 0) is 27.7 Å². The van der Waals surface area contributed by atoms with Crippen LogP contribution in [0.1, 0.15) is 39.3 Å². The molecule has 0 amide bonds. The first kappa shape index (κ1) is 13.0. The van der Waals surface area contributed by atoms with E-state index in [-0.39, 0.29) is 11.2 Å². The largest absolute Gasteiger partial charge is 0.516 e. The second kappa shape index (κ2) is 4.26. The Hall–Kier alpha value is -0.975. The Morgan fingerprint density at radius 1 is 1.11 bits per heavy atom. The molecule has 2 saturated heterocycles. The van der Waals surface area contributed by atoms with Gasteiger partial charge in [0.05, 0.1) is 35.7 Å². The van der Waals surface area contributed by atoms with E-state index in [2.05, 4.69) is 9.97 Å². The van der Waals surface area contributed by atoms with Crippen molar-refractivity contribution in [1.29, 1.82) is 0 Å². The number of nitrogens with zero attached hydrogens (tertiary/aromatic N) is 2. The van der Waals surface area contributed by atoms with Gasteiger partial charge in [0.15, 0.2) is 0 Å². The number of ether oxygens (including phenoxy) is 1. The molecular formula is C13H19BN2O3. The minimum Gasteiger partial charge on any atom is -0.398 e. The summed E-state index contributed by atoms with van der Waals surface area (Å²) in [4.78, 5) is 8.86. The summed E-state index contributed by atoms with van der Waals surface area (Å²) in [5.74, 6) is 0.356. The van der Waals surface area contributed by atoms with Crippen molar-refractivity contribution in [2.75, 3.05) is 13.2 Å². The molecule has 0 spiro atoms. The zero-order valence-electron chi connectivity index (χ0n) is 11.8. The van der Waals surface area contributed by atoms with Crippen LogP contribution < -0.4 is 5.59 Å². The van der Waals surface area contributed by atoms with Crippen LogP contribution in [0.5, 0.6) is 0 Å². The Balaban J connectivity index is 1.83. The topological polar surface area (TPSA) is 53.5 Å². The molecule has 2 fully saturated rings. The summed E-state index contributed by atoms with van der Waals surface area (Å²) < 4.78 is 17.2. The standard InChI is InChI=1S/C13H19BN2O3/c1-12(2)13(3,4)19-14(18-12)11-6-15-5-10(16-11)9-7-17-8-9/h5-6,9H,7-8H2,1-4H3. The molecule has 1 aromatic heterocycles. The van der Waals surface area contributed by atoms with Crippen LogP contribution in [0.3, 0.4) is 0 Å². The Kier molecular flexibility index (Phi) is 2.92. The fourth-order valence-corrected chi connectivity index (χ4v) is 2.08. The van der Waals surface area contributed by atoms with Gasteiger partial charge in [-0.2, -0.15) is 0 Å². The molecule has 1 aromatic rings. The lowest BCUT2D eigenvalue weighted by molar-refractivity contribution is 0.00578. The average Bonchev–Trinajstić information content (AvgIpc) is 2.46. The summed E-state index contributed by atoms with van der Waals surface area (Å²) in [6, 6.07) is 0. The smallest absolute Gasteiger partial charge is 0.398 e. The Labute approximate surface area is 113 Å². The van der Waals surface area contributed by atoms with E-state index in [1.165, 1.54) is 0 Å². The fourth-order valence-electron chi connectivity index (χ4n) is 2.08. The first-order valence-electron chi connectivity index (χ1n) is 6.64. The van der Waals surface area contributed by atoms with Gasteiger partial charge in [-0.25, -0.2) is 0 Å². The molecule has 3 rings (SSSR count). The van der Waals surface area contributed by atoms with E-state index in [9.17, 15) is 0 Å². The normalized spacial score (nSPS) is 25.4. The third-order valence-corrected chi connectivity index (χ3v) is 4.22. The lowest BCUT2D eigenvalue weighted by Gasteiger charge is -2.32. The Morgan fingerprint density at radius 3 is 2.26 bits per heavy atom. The van der Waals surface area contributed by atoms with Crippen LogP contribution in [0.2, 0.25) is 0 Å². The molecule has 5 nitrogen and oxygen atoms in total. The molecule has 0 saturated carbocycles. The van der Waals surface area contributed by atoms with E-state index in [1.807, 2.05) is 27.7 Å². The lowest BCUT2D eigenvalue weighted by atomic mass is 9.85. The maximum Gasteiger partial charge on any atom is 0.516 e. The summed E-state index contributed by atoms with van der Waals surface area (Å²) in [5.41, 5.74) is 0.991. The molecule has 0 N–H and O–H groups in total. The first-order valence-corrected chi connectivity index (χ1v) is 6.64. The van der Waals surface area contributed by atoms with Gasteiger partial charge >= 0.3 is 7.12 Å². The number of hydrogen-bond donors (Lipinski definition) is 0. The third-order valence-electron chi connectivity index (χ3n) is 4.22. The van der Waals surface area contributed by atoms with Crippen molar-refractivity contribution in [3.8, 4) is 0 Å². The van der Waals surface area contributed by atoms with Gasteiger partial charge in [0.1, 0.15) is 0 Å². The van der Waals surface area contributed by atoms with Crippen molar-refractivity contribution in [1.82, 2.24) is 9.97 Å². The molecular weight excluding hydrogens is 243 g/mol. The maximum atomic E-state index is 5.98. The zero-order chi connectivity index (χ0) is 13.7. The van der Waals surface area contributed by atoms with Gasteiger partial charge in [-0.1, -0.05) is 0 Å². The summed E-state index contributed by atoms with van der Waals surface area (Å²) in [7, 11) is -0.446. The summed E-state index contributed by atoms with van der Waals surface area (Å²) >= 11 is 0. The second-order valence-electron chi connectivity index (χ2n) is 6.19. The van der Waals surface area contributed by atoms with E-state index in [0.717, 1.165) is 24.5 Å². The van der Waals surface area contributed by atoms with Crippen molar-refractivity contribution >= 4 is 12.7 Å². The highest BCUT2D eigenvalue weighted by molar-refractivity contribution is 6.61. The molecule has 0 aliphatic carbocycles. The fraction of sp³-hybridized carbons (Fsp3) is 0.692. The van der Waals surface area contributed by atoms with Crippen molar-refractivity contribution in [2.45, 2.75) is 44.8 Å². The third kappa shape index (κ3) is 2.18. The van der Waals surface area contributed by atoms with Crippen LogP contribution in [0.15, 0.2) is 12.4 Å². The first-order chi connectivity index (χ1) is 8.89. The van der Waals surface area contributed by atoms with E-state index < -0.39 is 7.12 Å². The van der Waals surface area contributed by atoms with Crippen molar-refractivity contribution in [3.05, 3.63) is 18.1 Å². The van der Waals surface area contributed by atoms with Crippen LogP contribution in [-0.2, 0) is 14.0 Å². The molecule has 0 atom stereocenters. The summed E-state index contributed by atoms with van der Waals surface area (Å²) in [6.07, 6.45) is 3.51. The highest BCUT2D eigenvalue weighted by Gasteiger charge is 2.52. The number of aromatic nitrogens is 2. The van der Waals surface area contributed by atoms with Gasteiger partial charge < -0.3 is 14.0 Å². The van der Waals surface area contributed by atoms with E-state index in [1.54, 1.807) is 12.4 Å². The molecule has 2 aliphatic heterocycles. The summed E-state index contributed by atoms with van der Waals surface area (Å²) in [5, 5.41) is 0. The molecule has 19 heavy (non-hydrogen) atoms. The van der Waals surface area contributed by atoms with Crippen LogP contribution in [0.4, 0.5) is 0 Å². The number of hydrogen-bond acceptors (Lipinski definition) is 5. The van der Waals surface area contributed by atoms with Gasteiger partial charge in [0, 0.05) is 18.3 Å². The van der Waals surface area contributed by atoms with Crippen LogP contribution in [0.25, 0.3) is 0 Å². The highest BCUT2D eigenvalue weighted by Crippen LogP contribution is 2.36. The van der Waals surface area contributed by atoms with Crippen molar-refractivity contribution in [3.63, 3.8) is 0 Å². The Morgan fingerprint density at radius 2 is 1.74 bits per heavy atom. The van der Waals surface area contributed by atoms with Crippen LogP contribution in [0, 0.1) is 0 Å². The zero-order valence-corrected chi connectivity index (χ0v) is 11.8. The molecule has 3 heterocycles. The SMILES string of the molecule is CC1(C)OB(c2cncc(C3COC3)n2)OC1(C)C. The molecule has 0 unspecified atom stereocenters. The summed E-state index contributed by atoms with van der Waals surface area (Å²) in [6.45, 7) is 9.57. The molecule has 0 aromatic carbocycles. The van der Waals surface area contributed by atoms with E-state index in [0.29, 0.717) is 5.92 Å². The minimum absolute atomic E-state index is 0.352. The van der Waals surface area contributed by atoms with Gasteiger partial charge in [-0.3, -0.25) is 9.97 Å². The van der Waals surface area contributed by atoms with Crippen molar-refractivity contribution < 1.29 is 14.0 Å². The predicted molar refractivity (Wildman–Crippen MR) is 71.3 cm³/mol.